The third-order valence-corrected chi connectivity index (χ3v) is 5.32. The van der Waals surface area contributed by atoms with Gasteiger partial charge in [-0.15, -0.1) is 11.8 Å². The molecule has 0 saturated carbocycles. The molecule has 124 valence electrons. The van der Waals surface area contributed by atoms with Gasteiger partial charge in [0.25, 0.3) is 5.91 Å². The van der Waals surface area contributed by atoms with Crippen LogP contribution in [0.1, 0.15) is 21.7 Å². The highest BCUT2D eigenvalue weighted by atomic mass is 32.2. The van der Waals surface area contributed by atoms with E-state index in [-0.39, 0.29) is 5.91 Å². The summed E-state index contributed by atoms with van der Waals surface area (Å²) in [4.78, 5) is 24.2. The van der Waals surface area contributed by atoms with E-state index in [1.54, 1.807) is 35.1 Å². The van der Waals surface area contributed by atoms with Crippen molar-refractivity contribution in [1.82, 2.24) is 14.9 Å². The third-order valence-electron chi connectivity index (χ3n) is 4.21. The molecule has 1 amide bonds. The summed E-state index contributed by atoms with van der Waals surface area (Å²) in [6.45, 7) is 2.50. The van der Waals surface area contributed by atoms with Gasteiger partial charge >= 0.3 is 0 Å². The maximum Gasteiger partial charge on any atom is 0.256 e. The molecule has 0 aliphatic carbocycles. The molecule has 0 atom stereocenters. The van der Waals surface area contributed by atoms with Gasteiger partial charge < -0.3 is 4.90 Å². The summed E-state index contributed by atoms with van der Waals surface area (Å²) >= 11 is 1.68. The summed E-state index contributed by atoms with van der Waals surface area (Å²) in [5.41, 5.74) is 4.16. The topological polar surface area (TPSA) is 46.1 Å². The van der Waals surface area contributed by atoms with Crippen molar-refractivity contribution in [3.63, 3.8) is 0 Å². The van der Waals surface area contributed by atoms with Crippen molar-refractivity contribution in [2.75, 3.05) is 5.88 Å². The van der Waals surface area contributed by atoms with Gasteiger partial charge in [-0.05, 0) is 36.2 Å². The second kappa shape index (κ2) is 6.69. The molecule has 0 fully saturated rings. The number of thioether (sulfide) groups is 1. The van der Waals surface area contributed by atoms with E-state index < -0.39 is 0 Å². The monoisotopic (exact) mass is 347 g/mol. The Morgan fingerprint density at radius 3 is 2.52 bits per heavy atom. The van der Waals surface area contributed by atoms with Gasteiger partial charge in [-0.25, -0.2) is 9.97 Å². The summed E-state index contributed by atoms with van der Waals surface area (Å²) in [7, 11) is 0. The van der Waals surface area contributed by atoms with Crippen LogP contribution in [-0.2, 0) is 6.54 Å². The van der Waals surface area contributed by atoms with Crippen LogP contribution >= 0.6 is 11.8 Å². The van der Waals surface area contributed by atoms with Crippen LogP contribution < -0.4 is 0 Å². The lowest BCUT2D eigenvalue weighted by atomic mass is 10.0. The fraction of sp³-hybridized carbons (Fsp3) is 0.150. The number of aryl methyl sites for hydroxylation is 1. The van der Waals surface area contributed by atoms with Gasteiger partial charge in [-0.2, -0.15) is 0 Å². The molecule has 0 unspecified atom stereocenters. The smallest absolute Gasteiger partial charge is 0.256 e. The van der Waals surface area contributed by atoms with E-state index in [9.17, 15) is 4.79 Å². The summed E-state index contributed by atoms with van der Waals surface area (Å²) in [6, 6.07) is 16.3. The van der Waals surface area contributed by atoms with Crippen molar-refractivity contribution in [2.24, 2.45) is 0 Å². The lowest BCUT2D eigenvalue weighted by Crippen LogP contribution is -2.34. The average molecular weight is 347 g/mol. The molecule has 5 heteroatoms. The first-order valence-corrected chi connectivity index (χ1v) is 9.08. The van der Waals surface area contributed by atoms with Gasteiger partial charge in [0, 0.05) is 17.3 Å². The standard InChI is InChI=1S/C20H17N3OS/c1-14-3-5-15(6-4-14)16-7-8-18-17(11-16)20(24)23(13-25-18)12-19-21-9-2-10-22-19/h2-11H,12-13H2,1H3. The van der Waals surface area contributed by atoms with E-state index in [1.807, 2.05) is 12.1 Å². The van der Waals surface area contributed by atoms with Crippen LogP contribution in [0.3, 0.4) is 0 Å². The maximum absolute atomic E-state index is 12.9. The highest BCUT2D eigenvalue weighted by Crippen LogP contribution is 2.34. The Morgan fingerprint density at radius 1 is 1.04 bits per heavy atom. The first kappa shape index (κ1) is 15.8. The molecular weight excluding hydrogens is 330 g/mol. The second-order valence-corrected chi connectivity index (χ2v) is 7.01. The number of hydrogen-bond donors (Lipinski definition) is 0. The molecule has 1 aliphatic heterocycles. The minimum Gasteiger partial charge on any atom is -0.321 e. The zero-order valence-electron chi connectivity index (χ0n) is 13.8. The Morgan fingerprint density at radius 2 is 1.76 bits per heavy atom. The molecule has 3 aromatic rings. The lowest BCUT2D eigenvalue weighted by molar-refractivity contribution is 0.0763. The molecule has 0 spiro atoms. The number of aromatic nitrogens is 2. The molecular formula is C20H17N3OS. The molecule has 0 radical (unpaired) electrons. The minimum atomic E-state index is 0.0372. The third kappa shape index (κ3) is 3.28. The fourth-order valence-corrected chi connectivity index (χ4v) is 3.79. The lowest BCUT2D eigenvalue weighted by Gasteiger charge is -2.27. The van der Waals surface area contributed by atoms with Crippen molar-refractivity contribution in [2.45, 2.75) is 18.4 Å². The molecule has 0 N–H and O–H groups in total. The van der Waals surface area contributed by atoms with Gasteiger partial charge in [-0.3, -0.25) is 4.79 Å². The van der Waals surface area contributed by atoms with Crippen molar-refractivity contribution < 1.29 is 4.79 Å². The molecule has 25 heavy (non-hydrogen) atoms. The molecule has 4 nitrogen and oxygen atoms in total. The Bertz CT molecular complexity index is 910. The quantitative estimate of drug-likeness (QED) is 0.714. The van der Waals surface area contributed by atoms with E-state index in [0.717, 1.165) is 21.6 Å². The Labute approximate surface area is 150 Å². The molecule has 2 heterocycles. The number of benzene rings is 2. The molecule has 2 aromatic carbocycles. The predicted octanol–water partition coefficient (Wildman–Crippen LogP) is 4.16. The highest BCUT2D eigenvalue weighted by molar-refractivity contribution is 7.99. The number of carbonyl (C=O) groups excluding carboxylic acids is 1. The zero-order chi connectivity index (χ0) is 17.2. The fourth-order valence-electron chi connectivity index (χ4n) is 2.82. The first-order chi connectivity index (χ1) is 12.2. The normalized spacial score (nSPS) is 13.6. The van der Waals surface area contributed by atoms with Crippen LogP contribution in [-0.4, -0.2) is 26.7 Å². The van der Waals surface area contributed by atoms with E-state index in [0.29, 0.717) is 18.2 Å². The van der Waals surface area contributed by atoms with E-state index >= 15 is 0 Å². The maximum atomic E-state index is 12.9. The van der Waals surface area contributed by atoms with Crippen molar-refractivity contribution in [3.05, 3.63) is 77.9 Å². The number of fused-ring (bicyclic) bond motifs is 1. The second-order valence-electron chi connectivity index (χ2n) is 6.02. The van der Waals surface area contributed by atoms with Crippen molar-refractivity contribution in [1.29, 1.82) is 0 Å². The summed E-state index contributed by atoms with van der Waals surface area (Å²) < 4.78 is 0. The molecule has 4 rings (SSSR count). The summed E-state index contributed by atoms with van der Waals surface area (Å²) in [5.74, 6) is 1.32. The Hall–Kier alpha value is -2.66. The molecule has 1 aromatic heterocycles. The zero-order valence-corrected chi connectivity index (χ0v) is 14.7. The van der Waals surface area contributed by atoms with Gasteiger partial charge in [0.1, 0.15) is 5.82 Å². The van der Waals surface area contributed by atoms with E-state index in [1.165, 1.54) is 5.56 Å². The average Bonchev–Trinajstić information content (AvgIpc) is 2.65. The molecule has 0 bridgehead atoms. The van der Waals surface area contributed by atoms with Crippen LogP contribution in [0, 0.1) is 6.92 Å². The molecule has 0 saturated heterocycles. The predicted molar refractivity (Wildman–Crippen MR) is 99.2 cm³/mol. The van der Waals surface area contributed by atoms with Crippen LogP contribution in [0.2, 0.25) is 0 Å². The number of carbonyl (C=O) groups is 1. The van der Waals surface area contributed by atoms with E-state index in [4.69, 9.17) is 0 Å². The largest absolute Gasteiger partial charge is 0.321 e. The van der Waals surface area contributed by atoms with Crippen LogP contribution in [0.5, 0.6) is 0 Å². The first-order valence-electron chi connectivity index (χ1n) is 8.10. The Balaban J connectivity index is 1.63. The highest BCUT2D eigenvalue weighted by Gasteiger charge is 2.26. The van der Waals surface area contributed by atoms with Gasteiger partial charge in [0.2, 0.25) is 0 Å². The van der Waals surface area contributed by atoms with Crippen LogP contribution in [0.25, 0.3) is 11.1 Å². The minimum absolute atomic E-state index is 0.0372. The Kier molecular flexibility index (Phi) is 4.24. The molecule has 1 aliphatic rings. The number of hydrogen-bond acceptors (Lipinski definition) is 4. The number of amides is 1. The van der Waals surface area contributed by atoms with Crippen LogP contribution in [0.4, 0.5) is 0 Å². The summed E-state index contributed by atoms with van der Waals surface area (Å²) in [5, 5.41) is 0. The van der Waals surface area contributed by atoms with Gasteiger partial charge in [0.15, 0.2) is 0 Å². The van der Waals surface area contributed by atoms with Crippen LogP contribution in [0.15, 0.2) is 65.8 Å². The van der Waals surface area contributed by atoms with Gasteiger partial charge in [-0.1, -0.05) is 35.9 Å². The van der Waals surface area contributed by atoms with Crippen molar-refractivity contribution in [3.8, 4) is 11.1 Å². The van der Waals surface area contributed by atoms with Crippen molar-refractivity contribution >= 4 is 17.7 Å². The summed E-state index contributed by atoms with van der Waals surface area (Å²) in [6.07, 6.45) is 3.40. The van der Waals surface area contributed by atoms with Gasteiger partial charge in [0.05, 0.1) is 18.0 Å². The number of nitrogens with zero attached hydrogens (tertiary/aromatic N) is 3. The SMILES string of the molecule is Cc1ccc(-c2ccc3c(c2)C(=O)N(Cc2ncccn2)CS3)cc1. The van der Waals surface area contributed by atoms with E-state index in [2.05, 4.69) is 47.2 Å². The number of rotatable bonds is 3.